The fraction of sp³-hybridized carbons (Fsp3) is 0.694. The minimum absolute atomic E-state index is 0.0138. The number of amides is 4. The van der Waals surface area contributed by atoms with E-state index in [0.29, 0.717) is 19.4 Å². The quantitative estimate of drug-likeness (QED) is 0.173. The van der Waals surface area contributed by atoms with Crippen LogP contribution in [0.1, 0.15) is 70.7 Å². The molecule has 1 aliphatic heterocycles. The molecule has 3 N–H and O–H groups in total. The third-order valence-electron chi connectivity index (χ3n) is 9.88. The van der Waals surface area contributed by atoms with E-state index in [-0.39, 0.29) is 53.8 Å². The Balaban J connectivity index is 2.13. The van der Waals surface area contributed by atoms with Gasteiger partial charge in [0.05, 0.1) is 68.4 Å². The van der Waals surface area contributed by atoms with Gasteiger partial charge in [-0.25, -0.2) is 4.39 Å². The topological polar surface area (TPSA) is 156 Å². The molecule has 50 heavy (non-hydrogen) atoms. The molecule has 6 unspecified atom stereocenters. The lowest BCUT2D eigenvalue weighted by Gasteiger charge is -2.39. The number of methoxy groups -OCH3 is 3. The number of hydrogen-bond donors (Lipinski definition) is 3. The van der Waals surface area contributed by atoms with E-state index in [1.807, 2.05) is 27.7 Å². The minimum atomic E-state index is -0.747. The van der Waals surface area contributed by atoms with Gasteiger partial charge < -0.3 is 40.0 Å². The van der Waals surface area contributed by atoms with Gasteiger partial charge in [0.1, 0.15) is 11.6 Å². The fourth-order valence-electron chi connectivity index (χ4n) is 6.76. The van der Waals surface area contributed by atoms with Crippen molar-refractivity contribution in [3.05, 3.63) is 29.6 Å². The zero-order valence-electron chi connectivity index (χ0n) is 31.3. The van der Waals surface area contributed by atoms with Crippen molar-refractivity contribution in [1.29, 1.82) is 0 Å². The number of carbonyl (C=O) groups is 5. The number of halogens is 1. The number of ketones is 1. The molecule has 0 bridgehead atoms. The Morgan fingerprint density at radius 2 is 1.66 bits per heavy atom. The maximum atomic E-state index is 14.4. The van der Waals surface area contributed by atoms with E-state index in [0.717, 1.165) is 12.5 Å². The molecule has 1 aromatic rings. The number of likely N-dealkylation sites (N-methyl/N-ethyl adjacent to an activating group) is 2. The normalized spacial score (nSPS) is 18.1. The van der Waals surface area contributed by atoms with Crippen molar-refractivity contribution in [1.82, 2.24) is 25.8 Å². The van der Waals surface area contributed by atoms with E-state index in [4.69, 9.17) is 14.2 Å². The third-order valence-corrected chi connectivity index (χ3v) is 9.88. The van der Waals surface area contributed by atoms with E-state index in [1.54, 1.807) is 30.8 Å². The van der Waals surface area contributed by atoms with Crippen LogP contribution >= 0.6 is 0 Å². The Morgan fingerprint density at radius 1 is 1.00 bits per heavy atom. The van der Waals surface area contributed by atoms with Crippen LogP contribution in [0.15, 0.2) is 18.2 Å². The van der Waals surface area contributed by atoms with Gasteiger partial charge in [0, 0.05) is 33.9 Å². The smallest absolute Gasteiger partial charge is 0.242 e. The number of hydrogen-bond acceptors (Lipinski definition) is 9. The van der Waals surface area contributed by atoms with Crippen molar-refractivity contribution in [2.75, 3.05) is 55.1 Å². The van der Waals surface area contributed by atoms with Crippen LogP contribution in [0.2, 0.25) is 0 Å². The first-order chi connectivity index (χ1) is 23.7. The minimum Gasteiger partial charge on any atom is -0.497 e. The van der Waals surface area contributed by atoms with Gasteiger partial charge in [-0.05, 0) is 43.9 Å². The lowest BCUT2D eigenvalue weighted by molar-refractivity contribution is -0.145. The summed E-state index contributed by atoms with van der Waals surface area (Å²) in [6.07, 6.45) is 0.688. The molecule has 14 heteroatoms. The molecule has 1 heterocycles. The highest BCUT2D eigenvalue weighted by Gasteiger charge is 2.42. The van der Waals surface area contributed by atoms with Crippen LogP contribution in [-0.4, -0.2) is 125 Å². The summed E-state index contributed by atoms with van der Waals surface area (Å²) in [5.41, 5.74) is -0.163. The van der Waals surface area contributed by atoms with Crippen molar-refractivity contribution >= 4 is 29.4 Å². The Hall–Kier alpha value is -3.62. The number of benzene rings is 1. The standard InChI is InChI=1S/C36H58FN5O8/c1-11-22(4)33(41(7)31(45)20-40-36(47)32(38-6)21(2)3)29(49-9)18-30(44)42-16-12-13-27(42)34(50-10)23(5)35(46)39-19-28(43)25-15-14-24(48-8)17-26(25)37/h14-15,17,21-23,27,29,32-34,38H,11-13,16,18-20H2,1-10H3,(H,39,46)(H,40,47)/t22-,23?,27?,29?,32?,33?,34?/m0/s1. The van der Waals surface area contributed by atoms with Gasteiger partial charge in [-0.1, -0.05) is 41.0 Å². The third kappa shape index (κ3) is 10.9. The highest BCUT2D eigenvalue weighted by molar-refractivity contribution is 5.99. The molecule has 1 aliphatic rings. The van der Waals surface area contributed by atoms with Crippen LogP contribution < -0.4 is 20.7 Å². The maximum Gasteiger partial charge on any atom is 0.242 e. The lowest BCUT2D eigenvalue weighted by Crippen LogP contribution is -2.55. The summed E-state index contributed by atoms with van der Waals surface area (Å²) in [6.45, 7) is 9.35. The SMILES string of the molecule is CC[C@H](C)C(C(CC(=O)N1CCCC1C(OC)C(C)C(=O)NCC(=O)c1ccc(OC)cc1F)OC)N(C)C(=O)CNC(=O)C(NC)C(C)C. The molecular weight excluding hydrogens is 649 g/mol. The second-order valence-corrected chi connectivity index (χ2v) is 13.4. The van der Waals surface area contributed by atoms with Crippen LogP contribution in [0.4, 0.5) is 4.39 Å². The highest BCUT2D eigenvalue weighted by atomic mass is 19.1. The molecule has 0 saturated carbocycles. The summed E-state index contributed by atoms with van der Waals surface area (Å²) < 4.78 is 31.0. The molecule has 13 nitrogen and oxygen atoms in total. The fourth-order valence-corrected chi connectivity index (χ4v) is 6.76. The molecule has 7 atom stereocenters. The van der Waals surface area contributed by atoms with Gasteiger partial charge in [-0.3, -0.25) is 24.0 Å². The number of likely N-dealkylation sites (tertiary alicyclic amines) is 1. The Bertz CT molecular complexity index is 1310. The summed E-state index contributed by atoms with van der Waals surface area (Å²) in [7, 11) is 7.74. The summed E-state index contributed by atoms with van der Waals surface area (Å²) in [5, 5.41) is 8.29. The number of rotatable bonds is 20. The number of carbonyl (C=O) groups excluding carboxylic acids is 5. The van der Waals surface area contributed by atoms with E-state index in [2.05, 4.69) is 16.0 Å². The van der Waals surface area contributed by atoms with Crippen LogP contribution in [0.3, 0.4) is 0 Å². The summed E-state index contributed by atoms with van der Waals surface area (Å²) in [4.78, 5) is 69.0. The molecule has 0 radical (unpaired) electrons. The Kier molecular flexibility index (Phi) is 17.3. The average Bonchev–Trinajstić information content (AvgIpc) is 3.58. The number of nitrogens with zero attached hydrogens (tertiary/aromatic N) is 2. The van der Waals surface area contributed by atoms with Crippen LogP contribution in [0.25, 0.3) is 0 Å². The second kappa shape index (κ2) is 20.3. The molecule has 4 amide bonds. The van der Waals surface area contributed by atoms with Gasteiger partial charge in [-0.15, -0.1) is 0 Å². The van der Waals surface area contributed by atoms with Crippen molar-refractivity contribution in [2.24, 2.45) is 17.8 Å². The van der Waals surface area contributed by atoms with Crippen molar-refractivity contribution < 1.29 is 42.6 Å². The Labute approximate surface area is 296 Å². The van der Waals surface area contributed by atoms with Crippen LogP contribution in [0.5, 0.6) is 5.75 Å². The number of nitrogens with one attached hydrogen (secondary N) is 3. The largest absolute Gasteiger partial charge is 0.497 e. The summed E-state index contributed by atoms with van der Waals surface area (Å²) in [6, 6.07) is 2.57. The van der Waals surface area contributed by atoms with Gasteiger partial charge in [-0.2, -0.15) is 0 Å². The molecule has 0 aromatic heterocycles. The number of ether oxygens (including phenoxy) is 3. The monoisotopic (exact) mass is 707 g/mol. The van der Waals surface area contributed by atoms with Crippen molar-refractivity contribution in [3.63, 3.8) is 0 Å². The van der Waals surface area contributed by atoms with Gasteiger partial charge in [0.15, 0.2) is 5.78 Å². The first kappa shape index (κ1) is 42.5. The predicted octanol–water partition coefficient (Wildman–Crippen LogP) is 2.41. The molecule has 2 rings (SSSR count). The summed E-state index contributed by atoms with van der Waals surface area (Å²) >= 11 is 0. The summed E-state index contributed by atoms with van der Waals surface area (Å²) in [5.74, 6) is -3.04. The van der Waals surface area contributed by atoms with Crippen LogP contribution in [0, 0.1) is 23.6 Å². The van der Waals surface area contributed by atoms with Gasteiger partial charge in [0.25, 0.3) is 0 Å². The van der Waals surface area contributed by atoms with E-state index < -0.39 is 60.3 Å². The number of Topliss-reactive ketones (excluding diaryl/α,β-unsaturated/α-hetero) is 1. The predicted molar refractivity (Wildman–Crippen MR) is 187 cm³/mol. The molecule has 0 aliphatic carbocycles. The molecule has 1 fully saturated rings. The Morgan fingerprint density at radius 3 is 2.20 bits per heavy atom. The van der Waals surface area contributed by atoms with Gasteiger partial charge in [0.2, 0.25) is 23.6 Å². The van der Waals surface area contributed by atoms with E-state index >= 15 is 0 Å². The zero-order chi connectivity index (χ0) is 37.7. The van der Waals surface area contributed by atoms with Crippen LogP contribution in [-0.2, 0) is 28.7 Å². The molecule has 282 valence electrons. The first-order valence-corrected chi connectivity index (χ1v) is 17.4. The molecule has 1 saturated heterocycles. The zero-order valence-corrected chi connectivity index (χ0v) is 31.3. The molecular formula is C36H58FN5O8. The van der Waals surface area contributed by atoms with Crippen molar-refractivity contribution in [2.45, 2.75) is 90.6 Å². The first-order valence-electron chi connectivity index (χ1n) is 17.4. The van der Waals surface area contributed by atoms with Crippen molar-refractivity contribution in [3.8, 4) is 5.75 Å². The average molecular weight is 708 g/mol. The van der Waals surface area contributed by atoms with Gasteiger partial charge >= 0.3 is 0 Å². The van der Waals surface area contributed by atoms with E-state index in [9.17, 15) is 28.4 Å². The molecule has 0 spiro atoms. The highest BCUT2D eigenvalue weighted by Crippen LogP contribution is 2.29. The molecule has 1 aromatic carbocycles. The lowest BCUT2D eigenvalue weighted by atomic mass is 9.90. The maximum absolute atomic E-state index is 14.4. The second-order valence-electron chi connectivity index (χ2n) is 13.4. The van der Waals surface area contributed by atoms with E-state index in [1.165, 1.54) is 33.5 Å².